The van der Waals surface area contributed by atoms with Gasteiger partial charge >= 0.3 is 5.97 Å². The van der Waals surface area contributed by atoms with Crippen LogP contribution in [0, 0.1) is 11.7 Å². The number of carboxylic acid groups (broad SMARTS) is 1. The number of carbonyl (C=O) groups excluding carboxylic acids is 1. The molecular formula is C16H16F3NO4. The summed E-state index contributed by atoms with van der Waals surface area (Å²) in [5, 5.41) is 9.50. The summed E-state index contributed by atoms with van der Waals surface area (Å²) in [6, 6.07) is 5.44. The fourth-order valence-electron chi connectivity index (χ4n) is 2.89. The summed E-state index contributed by atoms with van der Waals surface area (Å²) in [6.07, 6.45) is -0.653. The molecule has 0 bridgehead atoms. The molecule has 1 aliphatic carbocycles. The van der Waals surface area contributed by atoms with Gasteiger partial charge in [-0.05, 0) is 12.1 Å². The lowest BCUT2D eigenvalue weighted by atomic mass is 9.90. The molecule has 2 fully saturated rings. The molecule has 0 radical (unpaired) electrons. The number of hydrogen-bond donors (Lipinski definition) is 1. The molecule has 8 heteroatoms. The van der Waals surface area contributed by atoms with Crippen molar-refractivity contribution in [3.8, 4) is 5.75 Å². The maximum absolute atomic E-state index is 13.7. The van der Waals surface area contributed by atoms with Gasteiger partial charge < -0.3 is 14.7 Å². The average molecular weight is 343 g/mol. The maximum atomic E-state index is 13.7. The molecule has 24 heavy (non-hydrogen) atoms. The maximum Gasteiger partial charge on any atom is 0.348 e. The largest absolute Gasteiger partial charge is 0.478 e. The summed E-state index contributed by atoms with van der Waals surface area (Å²) in [4.78, 5) is 24.8. The second-order valence-corrected chi connectivity index (χ2v) is 6.17. The number of alkyl halides is 2. The van der Waals surface area contributed by atoms with Crippen molar-refractivity contribution < 1.29 is 32.6 Å². The highest BCUT2D eigenvalue weighted by atomic mass is 19.3. The average Bonchev–Trinajstić information content (AvgIpc) is 3.18. The van der Waals surface area contributed by atoms with E-state index in [0.29, 0.717) is 0 Å². The van der Waals surface area contributed by atoms with Crippen LogP contribution in [-0.4, -0.2) is 46.5 Å². The molecule has 130 valence electrons. The molecule has 0 spiro atoms. The summed E-state index contributed by atoms with van der Waals surface area (Å²) in [6.45, 7) is -0.0433. The Labute approximate surface area is 136 Å². The first-order valence-corrected chi connectivity index (χ1v) is 7.59. The van der Waals surface area contributed by atoms with E-state index in [1.165, 1.54) is 23.1 Å². The molecule has 2 aliphatic rings. The minimum absolute atomic E-state index is 0.0217. The summed E-state index contributed by atoms with van der Waals surface area (Å²) in [5.41, 5.74) is -1.68. The number of likely N-dealkylation sites (tertiary alicyclic amines) is 1. The third kappa shape index (κ3) is 2.92. The Morgan fingerprint density at radius 1 is 1.21 bits per heavy atom. The summed E-state index contributed by atoms with van der Waals surface area (Å²) in [7, 11) is 0. The highest BCUT2D eigenvalue weighted by molar-refractivity contribution is 5.84. The summed E-state index contributed by atoms with van der Waals surface area (Å²) < 4.78 is 45.1. The number of aliphatic carboxylic acids is 1. The van der Waals surface area contributed by atoms with Crippen molar-refractivity contribution in [1.29, 1.82) is 0 Å². The number of benzene rings is 1. The van der Waals surface area contributed by atoms with Gasteiger partial charge in [0.25, 0.3) is 5.92 Å². The number of carbonyl (C=O) groups is 2. The highest BCUT2D eigenvalue weighted by Crippen LogP contribution is 2.50. The summed E-state index contributed by atoms with van der Waals surface area (Å²) >= 11 is 0. The molecule has 1 aromatic carbocycles. The predicted molar refractivity (Wildman–Crippen MR) is 76.3 cm³/mol. The van der Waals surface area contributed by atoms with Crippen molar-refractivity contribution in [2.75, 3.05) is 13.1 Å². The van der Waals surface area contributed by atoms with Crippen LogP contribution in [0.4, 0.5) is 13.2 Å². The Morgan fingerprint density at radius 3 is 2.29 bits per heavy atom. The number of carboxylic acids is 1. The molecule has 1 unspecified atom stereocenters. The lowest BCUT2D eigenvalue weighted by molar-refractivity contribution is -0.162. The molecule has 0 aromatic heterocycles. The van der Waals surface area contributed by atoms with Crippen molar-refractivity contribution in [1.82, 2.24) is 4.90 Å². The van der Waals surface area contributed by atoms with E-state index < -0.39 is 41.6 Å². The minimum Gasteiger partial charge on any atom is -0.478 e. The number of piperidine rings is 1. The number of nitrogens with zero attached hydrogens (tertiary/aromatic N) is 1. The van der Waals surface area contributed by atoms with Gasteiger partial charge in [0, 0.05) is 32.4 Å². The van der Waals surface area contributed by atoms with Crippen molar-refractivity contribution in [2.24, 2.45) is 5.92 Å². The van der Waals surface area contributed by atoms with E-state index >= 15 is 0 Å². The molecule has 1 amide bonds. The van der Waals surface area contributed by atoms with Gasteiger partial charge in [-0.15, -0.1) is 0 Å². The number of hydrogen-bond acceptors (Lipinski definition) is 3. The molecule has 1 saturated carbocycles. The highest BCUT2D eigenvalue weighted by Gasteiger charge is 2.62. The standard InChI is InChI=1S/C16H16F3NO4/c17-11-3-1-2-4-12(11)24-15(14(22)23)5-7-20(8-6-15)13(21)10-9-16(10,18)19/h1-4,10H,5-9H2,(H,22,23). The third-order valence-corrected chi connectivity index (χ3v) is 4.54. The van der Waals surface area contributed by atoms with E-state index in [9.17, 15) is 27.9 Å². The fourth-order valence-corrected chi connectivity index (χ4v) is 2.89. The monoisotopic (exact) mass is 343 g/mol. The van der Waals surface area contributed by atoms with E-state index in [2.05, 4.69) is 0 Å². The van der Waals surface area contributed by atoms with Crippen molar-refractivity contribution in [3.05, 3.63) is 30.1 Å². The van der Waals surface area contributed by atoms with Crippen LogP contribution in [0.25, 0.3) is 0 Å². The minimum atomic E-state index is -2.96. The summed E-state index contributed by atoms with van der Waals surface area (Å²) in [5.74, 6) is -7.06. The second kappa shape index (κ2) is 5.68. The van der Waals surface area contributed by atoms with E-state index in [4.69, 9.17) is 4.74 Å². The van der Waals surface area contributed by atoms with Crippen LogP contribution in [0.5, 0.6) is 5.75 Å². The predicted octanol–water partition coefficient (Wildman–Crippen LogP) is 2.31. The van der Waals surface area contributed by atoms with E-state index in [-0.39, 0.29) is 31.7 Å². The zero-order valence-electron chi connectivity index (χ0n) is 12.7. The number of rotatable bonds is 4. The van der Waals surface area contributed by atoms with Crippen LogP contribution < -0.4 is 4.74 Å². The van der Waals surface area contributed by atoms with Crippen LogP contribution in [0.3, 0.4) is 0 Å². The van der Waals surface area contributed by atoms with E-state index in [1.807, 2.05) is 0 Å². The van der Waals surface area contributed by atoms with Crippen LogP contribution in [0.15, 0.2) is 24.3 Å². The van der Waals surface area contributed by atoms with Crippen LogP contribution in [0.1, 0.15) is 19.3 Å². The smallest absolute Gasteiger partial charge is 0.348 e. The first-order chi connectivity index (χ1) is 11.3. The Balaban J connectivity index is 1.70. The van der Waals surface area contributed by atoms with Crippen molar-refractivity contribution in [3.63, 3.8) is 0 Å². The van der Waals surface area contributed by atoms with Crippen LogP contribution >= 0.6 is 0 Å². The molecule has 1 aromatic rings. The Hall–Kier alpha value is -2.25. The van der Waals surface area contributed by atoms with Gasteiger partial charge in [0.05, 0.1) is 0 Å². The number of para-hydroxylation sites is 1. The third-order valence-electron chi connectivity index (χ3n) is 4.54. The van der Waals surface area contributed by atoms with Gasteiger partial charge in [0.2, 0.25) is 11.5 Å². The van der Waals surface area contributed by atoms with Gasteiger partial charge in [0.15, 0.2) is 11.6 Å². The van der Waals surface area contributed by atoms with Crippen molar-refractivity contribution in [2.45, 2.75) is 30.8 Å². The molecule has 1 N–H and O–H groups in total. The number of halogens is 3. The molecule has 3 rings (SSSR count). The van der Waals surface area contributed by atoms with Gasteiger partial charge in [0.1, 0.15) is 5.92 Å². The van der Waals surface area contributed by atoms with E-state index in [1.54, 1.807) is 0 Å². The second-order valence-electron chi connectivity index (χ2n) is 6.17. The van der Waals surface area contributed by atoms with E-state index in [0.717, 1.165) is 6.07 Å². The van der Waals surface area contributed by atoms with Crippen molar-refractivity contribution >= 4 is 11.9 Å². The topological polar surface area (TPSA) is 66.8 Å². The molecular weight excluding hydrogens is 327 g/mol. The fraction of sp³-hybridized carbons (Fsp3) is 0.500. The number of amides is 1. The molecule has 5 nitrogen and oxygen atoms in total. The Kier molecular flexibility index (Phi) is 3.93. The quantitative estimate of drug-likeness (QED) is 0.911. The number of ether oxygens (including phenoxy) is 1. The SMILES string of the molecule is O=C(C1CC1(F)F)N1CCC(Oc2ccccc2F)(C(=O)O)CC1. The first-order valence-electron chi connectivity index (χ1n) is 7.59. The molecule has 1 atom stereocenters. The lowest BCUT2D eigenvalue weighted by Gasteiger charge is -2.39. The zero-order chi connectivity index (χ0) is 17.5. The Bertz CT molecular complexity index is 671. The Morgan fingerprint density at radius 2 is 1.79 bits per heavy atom. The normalized spacial score (nSPS) is 24.3. The van der Waals surface area contributed by atoms with Gasteiger partial charge in [-0.3, -0.25) is 4.79 Å². The molecule has 1 saturated heterocycles. The molecule has 1 aliphatic heterocycles. The van der Waals surface area contributed by atoms with Crippen LogP contribution in [-0.2, 0) is 9.59 Å². The van der Waals surface area contributed by atoms with Gasteiger partial charge in [-0.1, -0.05) is 12.1 Å². The van der Waals surface area contributed by atoms with Crippen LogP contribution in [0.2, 0.25) is 0 Å². The zero-order valence-corrected chi connectivity index (χ0v) is 12.7. The van der Waals surface area contributed by atoms with Gasteiger partial charge in [-0.25, -0.2) is 18.0 Å². The first kappa shape index (κ1) is 16.6. The lowest BCUT2D eigenvalue weighted by Crippen LogP contribution is -2.54. The molecule has 1 heterocycles. The van der Waals surface area contributed by atoms with Gasteiger partial charge in [-0.2, -0.15) is 0 Å².